The summed E-state index contributed by atoms with van der Waals surface area (Å²) in [5.41, 5.74) is 39.8. The maximum absolute atomic E-state index is 15.2. The third-order valence-electron chi connectivity index (χ3n) is 18.4. The Morgan fingerprint density at radius 2 is 0.958 bits per heavy atom. The summed E-state index contributed by atoms with van der Waals surface area (Å²) in [5.74, 6) is -22.7. The van der Waals surface area contributed by atoms with Gasteiger partial charge in [-0.1, -0.05) is 137 Å². The standard InChI is InChI=1S/C73H116N24O20S2/c1-7-38(5)56-68(114)91-48(30-54(102)103)63(109)87-44(23-16-26-82-72(77)78)61(107)97-57(39(6)8-2)69(115)94-50(65(111)89-47(29-41-20-13-10-14-21-41)62(108)88-45(70(116)117)24-17-27-83-73(79)80)35-118-119-36-51(93-64(110)49(34-99)92-58(104)42(74)33-98)66(112)95-55(37(3)4)67(113)90-46(28-40-18-11-9-12-19-40)59(105)85-31-52(100)84-32-53(101)86-43(60(106)96-56)22-15-25-81-71(75)76/h9-14,18-21,37-39,42-51,55-57,98-99H,7-8,15-17,22-36,74H2,1-6H3,(H,84,100)(H,85,105)(H,86,101)(H,87,109)(H,88,108)(H,89,111)(H,90,113)(H,91,114)(H,92,104)(H,93,110)(H,94,115)(H,95,112)(H,96,106)(H,97,107)(H,102,103)(H,116,117)(H4,75,76,81)(H4,77,78,82)(H4,79,80,83)/t38-,39-,42-,43+,44-,45+,46+,47+,48+,49-,50+,51+,55-,56-,57+/m0/s1. The first-order valence-corrected chi connectivity index (χ1v) is 40.9. The molecule has 1 fully saturated rings. The zero-order chi connectivity index (χ0) is 89.0. The molecular formula is C73H116N24O20S2. The average molecular weight is 1710 g/mol. The molecule has 0 aromatic heterocycles. The third-order valence-corrected chi connectivity index (χ3v) is 20.9. The smallest absolute Gasteiger partial charge is 0.326 e. The molecule has 119 heavy (non-hydrogen) atoms. The number of rotatable bonds is 34. The Labute approximate surface area is 695 Å². The number of carboxylic acids is 2. The number of amides is 14. The average Bonchev–Trinajstić information content (AvgIpc) is 0.855. The van der Waals surface area contributed by atoms with Gasteiger partial charge in [-0.15, -0.1) is 0 Å². The molecule has 44 nitrogen and oxygen atoms in total. The molecule has 0 spiro atoms. The topological polar surface area (TPSA) is 742 Å². The molecule has 3 rings (SSSR count). The molecule has 46 heteroatoms. The van der Waals surface area contributed by atoms with Crippen molar-refractivity contribution in [2.45, 2.75) is 191 Å². The lowest BCUT2D eigenvalue weighted by molar-refractivity contribution is -0.142. The number of aliphatic imine (C=N–C) groups is 3. The Morgan fingerprint density at radius 1 is 0.487 bits per heavy atom. The van der Waals surface area contributed by atoms with Crippen molar-refractivity contribution in [1.82, 2.24) is 74.4 Å². The molecule has 0 unspecified atom stereocenters. The predicted molar refractivity (Wildman–Crippen MR) is 440 cm³/mol. The summed E-state index contributed by atoms with van der Waals surface area (Å²) in [6.45, 7) is 5.45. The lowest BCUT2D eigenvalue weighted by Crippen LogP contribution is -2.62. The van der Waals surface area contributed by atoms with Gasteiger partial charge in [0.05, 0.1) is 32.7 Å². The zero-order valence-electron chi connectivity index (χ0n) is 67.2. The number of hydrogen-bond acceptors (Lipinski definition) is 24. The lowest BCUT2D eigenvalue weighted by atomic mass is 9.96. The molecule has 14 amide bonds. The van der Waals surface area contributed by atoms with Crippen molar-refractivity contribution in [2.24, 2.45) is 72.9 Å². The molecule has 2 aromatic carbocycles. The van der Waals surface area contributed by atoms with E-state index in [0.717, 1.165) is 21.6 Å². The van der Waals surface area contributed by atoms with Crippen molar-refractivity contribution >= 4 is 134 Å². The summed E-state index contributed by atoms with van der Waals surface area (Å²) in [6, 6.07) is -5.55. The van der Waals surface area contributed by atoms with Crippen LogP contribution in [0, 0.1) is 17.8 Å². The molecule has 0 aliphatic carbocycles. The maximum atomic E-state index is 15.2. The Kier molecular flexibility index (Phi) is 45.8. The Hall–Kier alpha value is -11.6. The van der Waals surface area contributed by atoms with Gasteiger partial charge in [-0.3, -0.25) is 86.9 Å². The number of hydrogen-bond donors (Lipinski definition) is 25. The summed E-state index contributed by atoms with van der Waals surface area (Å²) in [4.78, 5) is 238. The summed E-state index contributed by atoms with van der Waals surface area (Å²) in [5, 5.41) is 75.2. The first kappa shape index (κ1) is 102. The van der Waals surface area contributed by atoms with Gasteiger partial charge in [0, 0.05) is 44.0 Å². The van der Waals surface area contributed by atoms with E-state index in [1.165, 1.54) is 27.7 Å². The maximum Gasteiger partial charge on any atom is 0.326 e. The number of guanidine groups is 3. The molecule has 0 radical (unpaired) electrons. The third kappa shape index (κ3) is 38.1. The minimum absolute atomic E-state index is 0.0266. The quantitative estimate of drug-likeness (QED) is 0.0134. The predicted octanol–water partition coefficient (Wildman–Crippen LogP) is -8.30. The summed E-state index contributed by atoms with van der Waals surface area (Å²) in [6.07, 6.45) is -2.16. The number of nitrogens with zero attached hydrogens (tertiary/aromatic N) is 3. The van der Waals surface area contributed by atoms with E-state index in [1.807, 2.05) is 0 Å². The largest absolute Gasteiger partial charge is 0.481 e. The van der Waals surface area contributed by atoms with Crippen LogP contribution >= 0.6 is 21.6 Å². The first-order valence-electron chi connectivity index (χ1n) is 38.4. The molecule has 0 bridgehead atoms. The van der Waals surface area contributed by atoms with Crippen LogP contribution in [0.1, 0.15) is 110 Å². The van der Waals surface area contributed by atoms with Gasteiger partial charge in [0.15, 0.2) is 17.9 Å². The number of benzene rings is 2. The minimum atomic E-state index is -2.03. The van der Waals surface area contributed by atoms with E-state index in [2.05, 4.69) is 89.4 Å². The van der Waals surface area contributed by atoms with Gasteiger partial charge in [0.2, 0.25) is 82.7 Å². The fourth-order valence-electron chi connectivity index (χ4n) is 11.3. The van der Waals surface area contributed by atoms with E-state index >= 15 is 9.59 Å². The second-order valence-electron chi connectivity index (χ2n) is 28.3. The van der Waals surface area contributed by atoms with Gasteiger partial charge in [0.25, 0.3) is 0 Å². The van der Waals surface area contributed by atoms with Gasteiger partial charge in [-0.05, 0) is 67.4 Å². The van der Waals surface area contributed by atoms with Crippen LogP contribution in [0.2, 0.25) is 0 Å². The summed E-state index contributed by atoms with van der Waals surface area (Å²) in [7, 11) is 1.49. The van der Waals surface area contributed by atoms with Crippen molar-refractivity contribution in [2.75, 3.05) is 57.4 Å². The molecule has 2 aromatic rings. The SMILES string of the molecule is CC[C@H](C)[C@@H]1NC(=O)[C@@H](CCCN=C(N)N)NC(=O)CNC(=O)CNC(=O)[C@@H](Cc2ccccc2)NC(=O)[C@H](C(C)C)NC(=O)[C@H](NC(=O)[C@H](CO)NC(=O)[C@@H](N)CO)CSSC[C@H](C(=O)N[C@H](Cc2ccccc2)C(=O)N[C@H](CCCN=C(N)N)C(=O)O)NC(=O)[C@@H]([C@@H](C)CC)NC(=O)[C@H](CCCN=C(N)N)NC(=O)[C@@H](CC(=O)O)NC1=O. The molecule has 1 heterocycles. The van der Waals surface area contributed by atoms with Crippen molar-refractivity contribution in [3.05, 3.63) is 71.8 Å². The van der Waals surface area contributed by atoms with Crippen molar-refractivity contribution in [1.29, 1.82) is 0 Å². The fourth-order valence-corrected chi connectivity index (χ4v) is 13.6. The van der Waals surface area contributed by atoms with Gasteiger partial charge < -0.3 is 135 Å². The second-order valence-corrected chi connectivity index (χ2v) is 30.8. The fraction of sp³-hybridized carbons (Fsp3) is 0.575. The Balaban J connectivity index is 2.42. The van der Waals surface area contributed by atoms with E-state index in [1.54, 1.807) is 74.5 Å². The second kappa shape index (κ2) is 53.6. The molecule has 0 saturated carbocycles. The van der Waals surface area contributed by atoms with Crippen LogP contribution in [0.4, 0.5) is 0 Å². The van der Waals surface area contributed by atoms with E-state index in [9.17, 15) is 87.5 Å². The van der Waals surface area contributed by atoms with Crippen molar-refractivity contribution in [3.8, 4) is 0 Å². The van der Waals surface area contributed by atoms with Gasteiger partial charge in [0.1, 0.15) is 78.5 Å². The summed E-state index contributed by atoms with van der Waals surface area (Å²) < 4.78 is 0. The Bertz CT molecular complexity index is 3840. The molecule has 1 aliphatic rings. The number of carbonyl (C=O) groups is 16. The number of carbonyl (C=O) groups excluding carboxylic acids is 14. The van der Waals surface area contributed by atoms with E-state index < -0.39 is 235 Å². The van der Waals surface area contributed by atoms with E-state index in [0.29, 0.717) is 11.1 Å². The van der Waals surface area contributed by atoms with Gasteiger partial charge in [-0.25, -0.2) is 4.79 Å². The van der Waals surface area contributed by atoms with Crippen LogP contribution in [0.5, 0.6) is 0 Å². The minimum Gasteiger partial charge on any atom is -0.481 e. The number of aliphatic hydroxyl groups is 2. The van der Waals surface area contributed by atoms with Crippen LogP contribution in [-0.4, -0.2) is 269 Å². The highest BCUT2D eigenvalue weighted by Crippen LogP contribution is 2.25. The molecule has 32 N–H and O–H groups in total. The number of nitrogens with one attached hydrogen (secondary N) is 14. The van der Waals surface area contributed by atoms with Crippen LogP contribution in [-0.2, 0) is 89.6 Å². The number of aliphatic hydroxyl groups excluding tert-OH is 2. The summed E-state index contributed by atoms with van der Waals surface area (Å²) >= 11 is 0. The van der Waals surface area contributed by atoms with Crippen molar-refractivity contribution < 1.29 is 97.1 Å². The molecule has 1 saturated heterocycles. The Morgan fingerprint density at radius 3 is 1.47 bits per heavy atom. The number of aliphatic carboxylic acids is 2. The highest BCUT2D eigenvalue weighted by molar-refractivity contribution is 8.76. The molecule has 1 aliphatic heterocycles. The zero-order valence-corrected chi connectivity index (χ0v) is 68.8. The van der Waals surface area contributed by atoms with Crippen LogP contribution in [0.15, 0.2) is 75.6 Å². The number of carboxylic acid groups (broad SMARTS) is 2. The molecule has 15 atom stereocenters. The highest BCUT2D eigenvalue weighted by atomic mass is 33.1. The van der Waals surface area contributed by atoms with Gasteiger partial charge in [-0.2, -0.15) is 0 Å². The van der Waals surface area contributed by atoms with Crippen molar-refractivity contribution in [3.63, 3.8) is 0 Å². The number of nitrogens with two attached hydrogens (primary N) is 7. The van der Waals surface area contributed by atoms with Crippen LogP contribution in [0.3, 0.4) is 0 Å². The van der Waals surface area contributed by atoms with E-state index in [4.69, 9.17) is 40.1 Å². The highest BCUT2D eigenvalue weighted by Gasteiger charge is 2.40. The first-order chi connectivity index (χ1) is 56.3. The van der Waals surface area contributed by atoms with Gasteiger partial charge >= 0.3 is 11.9 Å². The molecule has 660 valence electrons. The lowest BCUT2D eigenvalue weighted by Gasteiger charge is -2.30. The normalized spacial score (nSPS) is 21.7. The molecular weight excluding hydrogens is 1600 g/mol. The monoisotopic (exact) mass is 1710 g/mol. The van der Waals surface area contributed by atoms with Crippen LogP contribution in [0.25, 0.3) is 0 Å². The van der Waals surface area contributed by atoms with Crippen LogP contribution < -0.4 is 115 Å². The van der Waals surface area contributed by atoms with E-state index in [-0.39, 0.29) is 102 Å².